The monoisotopic (exact) mass is 1980 g/mol. The largest absolute Gasteiger partial charge is 0.392 e. The molecule has 0 aliphatic carbocycles. The lowest BCUT2D eigenvalue weighted by Crippen LogP contribution is -2.16. The average molecular weight is 1980 g/mol. The molecule has 762 valence electrons. The van der Waals surface area contributed by atoms with Crippen LogP contribution in [0.4, 0.5) is 11.4 Å². The number of hydrogen-bond acceptors (Lipinski definition) is 7. The summed E-state index contributed by atoms with van der Waals surface area (Å²) < 4.78 is 0. The Kier molecular flexibility index (Phi) is 26.2. The molecule has 0 unspecified atom stereocenters. The third kappa shape index (κ3) is 21.2. The third-order valence-electron chi connectivity index (χ3n) is 30.0. The zero-order valence-electron chi connectivity index (χ0n) is 93.4. The summed E-state index contributed by atoms with van der Waals surface area (Å²) in [6.45, 7) is 68.6. The van der Waals surface area contributed by atoms with Crippen molar-refractivity contribution < 1.29 is 14.7 Å². The molecule has 10 heterocycles. The number of anilines is 2. The van der Waals surface area contributed by atoms with E-state index < -0.39 is 0 Å². The van der Waals surface area contributed by atoms with Gasteiger partial charge in [0.25, 0.3) is 11.8 Å². The van der Waals surface area contributed by atoms with E-state index in [1.165, 1.54) is 55.6 Å². The fourth-order valence-electron chi connectivity index (χ4n) is 20.4. The molecule has 0 spiro atoms. The van der Waals surface area contributed by atoms with Crippen LogP contribution in [0.5, 0.6) is 0 Å². The molecule has 2 amide bonds. The molecule has 0 radical (unpaired) electrons. The van der Waals surface area contributed by atoms with E-state index in [0.29, 0.717) is 22.5 Å². The van der Waals surface area contributed by atoms with E-state index in [1.54, 1.807) is 24.3 Å². The van der Waals surface area contributed by atoms with Crippen LogP contribution in [0.3, 0.4) is 0 Å². The number of carbonyl (C=O) groups excluding carboxylic acids is 2. The summed E-state index contributed by atoms with van der Waals surface area (Å²) in [5, 5.41) is 16.2. The Hall–Kier alpha value is -14.9. The van der Waals surface area contributed by atoms with Crippen molar-refractivity contribution in [3.63, 3.8) is 0 Å². The molecule has 16 bridgehead atoms. The molecule has 9 aromatic carbocycles. The Morgan fingerprint density at radius 1 is 0.207 bits per heavy atom. The van der Waals surface area contributed by atoms with Gasteiger partial charge in [-0.15, -0.1) is 0 Å². The lowest BCUT2D eigenvalue weighted by molar-refractivity contribution is 0.101. The standard InChI is InChI=1S/C137H146N10O3/c1-128(2,3)90-63-85(64-91(73-90)129(4,5)6)121-108-53-47-102(140-108)118(80-33-37-83(38-34-80)126(149)138-100-43-31-79(78-148)32-44-100)103-48-54-109(141-103)122(86-65-92(130(7,8)9)74-93(66-86)131(10,11)12)111-56-50-105(143-111)119(104-49-55-110(121)142-104)81-35-39-84(40-36-81)127(150)139-101-45-41-82(42-46-101)120-106-51-57-112(144-106)123(87-67-94(132(13,14)15)75-95(68-87)133(16,17)18)114-59-61-116(146-114)125(89-71-98(136(25,26)27)77-99(72-89)137(28,29)30)117-62-60-115(147-117)124(113-58-52-107(120)145-113)88-69-96(134(19,20)21)76-97(70-88)135(22,23)24/h31-77,140,143-144,147-148H,78H2,1-30H3,(H,138,149)(H,139,150). The number of carbonyl (C=O) groups is 2. The summed E-state index contributed by atoms with van der Waals surface area (Å²) in [4.78, 5) is 69.3. The van der Waals surface area contributed by atoms with E-state index in [1.807, 2.05) is 60.7 Å². The first-order valence-corrected chi connectivity index (χ1v) is 53.1. The quantitative estimate of drug-likeness (QED) is 0.0597. The van der Waals surface area contributed by atoms with Crippen molar-refractivity contribution in [2.45, 2.75) is 268 Å². The van der Waals surface area contributed by atoms with Gasteiger partial charge in [0.05, 0.1) is 52.2 Å². The Morgan fingerprint density at radius 2 is 0.360 bits per heavy atom. The Balaban J connectivity index is 0.780. The highest BCUT2D eigenvalue weighted by atomic mass is 16.3. The fraction of sp³-hybridized carbons (Fsp3) is 0.299. The highest BCUT2D eigenvalue weighted by molar-refractivity contribution is 6.08. The maximum absolute atomic E-state index is 15.4. The smallest absolute Gasteiger partial charge is 0.255 e. The van der Waals surface area contributed by atoms with Crippen molar-refractivity contribution in [3.8, 4) is 89.0 Å². The second-order valence-corrected chi connectivity index (χ2v) is 52.0. The average Bonchev–Trinajstić information content (AvgIpc) is 1.59. The minimum absolute atomic E-state index is 0.0922. The lowest BCUT2D eigenvalue weighted by atomic mass is 9.78. The Labute approximate surface area is 887 Å². The molecule has 4 aliphatic rings. The third-order valence-corrected chi connectivity index (χ3v) is 30.0. The van der Waals surface area contributed by atoms with Gasteiger partial charge in [0.15, 0.2) is 0 Å². The number of hydrogen-bond donors (Lipinski definition) is 7. The van der Waals surface area contributed by atoms with Gasteiger partial charge >= 0.3 is 0 Å². The number of aliphatic hydroxyl groups is 1. The molecule has 0 saturated heterocycles. The van der Waals surface area contributed by atoms with Crippen LogP contribution >= 0.6 is 0 Å². The van der Waals surface area contributed by atoms with E-state index in [-0.39, 0.29) is 72.6 Å². The molecule has 0 fully saturated rings. The summed E-state index contributed by atoms with van der Waals surface area (Å²) in [5.41, 5.74) is 41.6. The molecule has 0 atom stereocenters. The van der Waals surface area contributed by atoms with Crippen LogP contribution in [0.2, 0.25) is 0 Å². The van der Waals surface area contributed by atoms with Crippen molar-refractivity contribution in [1.29, 1.82) is 0 Å². The van der Waals surface area contributed by atoms with E-state index in [9.17, 15) is 9.90 Å². The van der Waals surface area contributed by atoms with Crippen molar-refractivity contribution in [2.24, 2.45) is 0 Å². The molecule has 15 aromatic rings. The van der Waals surface area contributed by atoms with Gasteiger partial charge in [-0.2, -0.15) is 0 Å². The van der Waals surface area contributed by atoms with Gasteiger partial charge in [0.1, 0.15) is 0 Å². The van der Waals surface area contributed by atoms with Crippen LogP contribution in [0.25, 0.3) is 182 Å². The molecule has 0 saturated carbocycles. The zero-order valence-corrected chi connectivity index (χ0v) is 93.4. The van der Waals surface area contributed by atoms with Gasteiger partial charge < -0.3 is 35.7 Å². The number of benzene rings is 9. The molecule has 6 aromatic heterocycles. The predicted octanol–water partition coefficient (Wildman–Crippen LogP) is 35.9. The van der Waals surface area contributed by atoms with E-state index in [2.05, 4.69) is 439 Å². The summed E-state index contributed by atoms with van der Waals surface area (Å²) in [7, 11) is 0. The van der Waals surface area contributed by atoms with Crippen LogP contribution in [0.1, 0.15) is 335 Å². The first-order chi connectivity index (χ1) is 70.3. The SMILES string of the molecule is CC(C)(C)c1cc(-c2c3nc(c(-c4ccc(C(=O)Nc5ccc(-c6c7nc(c(-c8cc(C(C)(C)C)cc(C(C)(C)C)c8)c8ccc([nH]8)c(-c8cc(C(C)(C)C)cc(C(C)(C)C)c8)c8nc(c(-c9cc(C(C)(C)C)cc(C(C)(C)C)c9)c9ccc6[nH]9)C=C8)C=C7)cc5)cc4)c4ccc([nH]4)c(-c4cc(C(C)(C)C)cc(C(C)(C)C)c4)c4nc(c(-c5ccc(C(=O)Nc6ccc(CO)cc6)cc5)c5ccc2[nH]5)C=C4)C=C3)cc(C(C)(C)C)c1. The minimum Gasteiger partial charge on any atom is -0.392 e. The van der Waals surface area contributed by atoms with Gasteiger partial charge in [-0.1, -0.05) is 347 Å². The van der Waals surface area contributed by atoms with E-state index >= 15 is 4.79 Å². The number of aromatic nitrogens is 8. The van der Waals surface area contributed by atoms with Gasteiger partial charge in [0.2, 0.25) is 0 Å². The minimum atomic E-state index is -0.273. The van der Waals surface area contributed by atoms with Gasteiger partial charge in [-0.25, -0.2) is 19.9 Å². The number of nitrogens with one attached hydrogen (secondary N) is 6. The molecule has 13 nitrogen and oxygen atoms in total. The normalized spacial score (nSPS) is 13.3. The van der Waals surface area contributed by atoms with Crippen molar-refractivity contribution in [2.75, 3.05) is 10.6 Å². The predicted molar refractivity (Wildman–Crippen MR) is 636 cm³/mol. The lowest BCUT2D eigenvalue weighted by Gasteiger charge is -2.26. The van der Waals surface area contributed by atoms with Crippen LogP contribution < -0.4 is 10.6 Å². The molecule has 7 N–H and O–H groups in total. The van der Waals surface area contributed by atoms with Crippen molar-refractivity contribution >= 4 is 116 Å². The molecular weight excluding hydrogens is 1830 g/mol. The number of rotatable bonds is 13. The molecule has 13 heteroatoms. The summed E-state index contributed by atoms with van der Waals surface area (Å²) in [5.74, 6) is -0.531. The molecule has 150 heavy (non-hydrogen) atoms. The second kappa shape index (κ2) is 38.0. The number of aromatic amines is 4. The number of aliphatic hydroxyl groups excluding tert-OH is 1. The number of H-pyrrole nitrogens is 4. The summed E-state index contributed by atoms with van der Waals surface area (Å²) >= 11 is 0. The number of fused-ring (bicyclic) bond motifs is 16. The maximum Gasteiger partial charge on any atom is 0.255 e. The van der Waals surface area contributed by atoms with Gasteiger partial charge in [0, 0.05) is 111 Å². The summed E-state index contributed by atoms with van der Waals surface area (Å²) in [6.07, 6.45) is 17.3. The van der Waals surface area contributed by atoms with E-state index in [0.717, 1.165) is 184 Å². The highest BCUT2D eigenvalue weighted by Gasteiger charge is 2.34. The fourth-order valence-corrected chi connectivity index (χ4v) is 20.4. The van der Waals surface area contributed by atoms with Crippen LogP contribution in [0, 0.1) is 0 Å². The number of nitrogens with zero attached hydrogens (tertiary/aromatic N) is 4. The highest BCUT2D eigenvalue weighted by Crippen LogP contribution is 2.49. The van der Waals surface area contributed by atoms with Crippen LogP contribution in [0.15, 0.2) is 237 Å². The van der Waals surface area contributed by atoms with Gasteiger partial charge in [-0.3, -0.25) is 9.59 Å². The Morgan fingerprint density at radius 3 is 0.520 bits per heavy atom. The molecule has 19 rings (SSSR count). The van der Waals surface area contributed by atoms with Crippen LogP contribution in [-0.4, -0.2) is 56.8 Å². The first kappa shape index (κ1) is 104. The zero-order chi connectivity index (χ0) is 107. The molecular formula is C137H146N10O3. The van der Waals surface area contributed by atoms with Gasteiger partial charge in [-0.05, 0) is 306 Å². The Bertz CT molecular complexity index is 8160. The first-order valence-electron chi connectivity index (χ1n) is 53.1. The van der Waals surface area contributed by atoms with Crippen molar-refractivity contribution in [1.82, 2.24) is 39.9 Å². The molecule has 4 aliphatic heterocycles. The van der Waals surface area contributed by atoms with Crippen LogP contribution in [-0.2, 0) is 60.8 Å². The second-order valence-electron chi connectivity index (χ2n) is 52.0. The number of amides is 2. The maximum atomic E-state index is 15.4. The van der Waals surface area contributed by atoms with E-state index in [4.69, 9.17) is 19.9 Å². The summed E-state index contributed by atoms with van der Waals surface area (Å²) in [6, 6.07) is 84.2. The van der Waals surface area contributed by atoms with Crippen molar-refractivity contribution in [3.05, 3.63) is 354 Å². The topological polar surface area (TPSA) is 193 Å².